The van der Waals surface area contributed by atoms with Gasteiger partial charge in [0.05, 0.1) is 22.8 Å². The zero-order chi connectivity index (χ0) is 17.3. The minimum absolute atomic E-state index is 0.0497. The summed E-state index contributed by atoms with van der Waals surface area (Å²) in [4.78, 5) is 17.3. The second-order valence-corrected chi connectivity index (χ2v) is 6.37. The van der Waals surface area contributed by atoms with Gasteiger partial charge in [-0.25, -0.2) is 0 Å². The number of amides is 1. The van der Waals surface area contributed by atoms with E-state index in [1.165, 1.54) is 5.56 Å². The van der Waals surface area contributed by atoms with Crippen molar-refractivity contribution in [3.05, 3.63) is 76.5 Å². The van der Waals surface area contributed by atoms with Gasteiger partial charge < -0.3 is 5.32 Å². The fraction of sp³-hybridized carbons (Fsp3) is 0.238. The predicted octanol–water partition coefficient (Wildman–Crippen LogP) is 4.65. The first-order valence-electron chi connectivity index (χ1n) is 8.20. The first kappa shape index (κ1) is 16.2. The summed E-state index contributed by atoms with van der Waals surface area (Å²) in [6.45, 7) is 7.99. The maximum Gasteiger partial charge on any atom is 0.253 e. The Morgan fingerprint density at radius 3 is 2.54 bits per heavy atom. The molecule has 0 saturated heterocycles. The maximum absolute atomic E-state index is 12.7. The molecule has 1 heterocycles. The number of aromatic nitrogens is 1. The normalized spacial score (nSPS) is 12.2. The highest BCUT2D eigenvalue weighted by atomic mass is 16.1. The Kier molecular flexibility index (Phi) is 4.34. The molecule has 0 fully saturated rings. The largest absolute Gasteiger partial charge is 0.345 e. The van der Waals surface area contributed by atoms with Crippen LogP contribution in [0, 0.1) is 20.8 Å². The third kappa shape index (κ3) is 3.16. The predicted molar refractivity (Wildman–Crippen MR) is 98.3 cm³/mol. The molecule has 1 N–H and O–H groups in total. The molecule has 3 rings (SSSR count). The molecule has 0 radical (unpaired) electrons. The highest BCUT2D eigenvalue weighted by Crippen LogP contribution is 2.20. The molecule has 0 aliphatic rings. The lowest BCUT2D eigenvalue weighted by atomic mass is 10.0. The fourth-order valence-corrected chi connectivity index (χ4v) is 3.05. The number of carbonyl (C=O) groups is 1. The van der Waals surface area contributed by atoms with Crippen molar-refractivity contribution >= 4 is 16.8 Å². The molecule has 24 heavy (non-hydrogen) atoms. The minimum atomic E-state index is -0.0841. The van der Waals surface area contributed by atoms with Gasteiger partial charge in [0, 0.05) is 5.39 Å². The summed E-state index contributed by atoms with van der Waals surface area (Å²) >= 11 is 0. The van der Waals surface area contributed by atoms with Gasteiger partial charge in [0.2, 0.25) is 0 Å². The Hall–Kier alpha value is -2.68. The quantitative estimate of drug-likeness (QED) is 0.763. The molecule has 1 atom stereocenters. The van der Waals surface area contributed by atoms with Crippen molar-refractivity contribution in [1.82, 2.24) is 10.3 Å². The molecular weight excluding hydrogens is 296 g/mol. The summed E-state index contributed by atoms with van der Waals surface area (Å²) < 4.78 is 0. The van der Waals surface area contributed by atoms with Crippen molar-refractivity contribution in [2.24, 2.45) is 0 Å². The molecule has 0 aliphatic heterocycles. The van der Waals surface area contributed by atoms with Crippen LogP contribution in [0.5, 0.6) is 0 Å². The van der Waals surface area contributed by atoms with Crippen LogP contribution in [0.1, 0.15) is 45.7 Å². The Morgan fingerprint density at radius 1 is 1.04 bits per heavy atom. The Bertz CT molecular complexity index is 915. The van der Waals surface area contributed by atoms with Crippen LogP contribution in [0.25, 0.3) is 10.9 Å². The third-order valence-electron chi connectivity index (χ3n) is 4.41. The second kappa shape index (κ2) is 6.44. The van der Waals surface area contributed by atoms with Crippen LogP contribution in [0.15, 0.2) is 48.5 Å². The lowest BCUT2D eigenvalue weighted by Crippen LogP contribution is -2.28. The molecule has 0 aliphatic carbocycles. The molecule has 1 aromatic heterocycles. The second-order valence-electron chi connectivity index (χ2n) is 6.37. The van der Waals surface area contributed by atoms with Crippen LogP contribution in [0.3, 0.4) is 0 Å². The number of fused-ring (bicyclic) bond motifs is 1. The lowest BCUT2D eigenvalue weighted by Gasteiger charge is -2.17. The van der Waals surface area contributed by atoms with Gasteiger partial charge in [0.15, 0.2) is 0 Å². The van der Waals surface area contributed by atoms with Crippen LogP contribution in [0.2, 0.25) is 0 Å². The Balaban J connectivity index is 1.91. The number of hydrogen-bond donors (Lipinski definition) is 1. The van der Waals surface area contributed by atoms with Crippen LogP contribution in [-0.4, -0.2) is 10.9 Å². The molecular formula is C21H22N2O. The van der Waals surface area contributed by atoms with Crippen LogP contribution >= 0.6 is 0 Å². The maximum atomic E-state index is 12.7. The molecule has 0 spiro atoms. The van der Waals surface area contributed by atoms with E-state index in [0.29, 0.717) is 5.56 Å². The lowest BCUT2D eigenvalue weighted by molar-refractivity contribution is 0.0939. The van der Waals surface area contributed by atoms with E-state index in [0.717, 1.165) is 27.7 Å². The van der Waals surface area contributed by atoms with E-state index in [9.17, 15) is 4.79 Å². The summed E-state index contributed by atoms with van der Waals surface area (Å²) in [7, 11) is 0. The van der Waals surface area contributed by atoms with E-state index < -0.39 is 0 Å². The van der Waals surface area contributed by atoms with Crippen molar-refractivity contribution in [2.45, 2.75) is 33.7 Å². The number of aryl methyl sites for hydroxylation is 3. The van der Waals surface area contributed by atoms with Gasteiger partial charge in [-0.1, -0.05) is 35.9 Å². The number of benzene rings is 2. The molecule has 2 aromatic carbocycles. The van der Waals surface area contributed by atoms with Crippen molar-refractivity contribution in [3.8, 4) is 0 Å². The van der Waals surface area contributed by atoms with Gasteiger partial charge in [-0.3, -0.25) is 9.78 Å². The molecule has 1 unspecified atom stereocenters. The van der Waals surface area contributed by atoms with E-state index in [1.807, 2.05) is 51.1 Å². The van der Waals surface area contributed by atoms with E-state index in [4.69, 9.17) is 0 Å². The van der Waals surface area contributed by atoms with Crippen molar-refractivity contribution in [1.29, 1.82) is 0 Å². The van der Waals surface area contributed by atoms with Crippen LogP contribution < -0.4 is 5.32 Å². The summed E-state index contributed by atoms with van der Waals surface area (Å²) in [5, 5.41) is 4.09. The van der Waals surface area contributed by atoms with Gasteiger partial charge in [0.25, 0.3) is 5.91 Å². The standard InChI is InChI=1S/C21H22N2O/c1-13-9-10-20-17(11-13)12-19(16(4)22-20)21(24)23-15(3)18-8-6-5-7-14(18)2/h5-12,15H,1-4H3,(H,23,24). The number of nitrogens with zero attached hydrogens (tertiary/aromatic N) is 1. The highest BCUT2D eigenvalue weighted by Gasteiger charge is 2.16. The number of nitrogens with one attached hydrogen (secondary N) is 1. The Labute approximate surface area is 142 Å². The molecule has 3 nitrogen and oxygen atoms in total. The molecule has 0 saturated carbocycles. The fourth-order valence-electron chi connectivity index (χ4n) is 3.05. The van der Waals surface area contributed by atoms with E-state index in [2.05, 4.69) is 35.4 Å². The minimum Gasteiger partial charge on any atom is -0.345 e. The number of hydrogen-bond acceptors (Lipinski definition) is 2. The van der Waals surface area contributed by atoms with Gasteiger partial charge in [-0.15, -0.1) is 0 Å². The van der Waals surface area contributed by atoms with Crippen molar-refractivity contribution < 1.29 is 4.79 Å². The first-order chi connectivity index (χ1) is 11.5. The molecule has 3 aromatic rings. The van der Waals surface area contributed by atoms with E-state index in [-0.39, 0.29) is 11.9 Å². The van der Waals surface area contributed by atoms with E-state index in [1.54, 1.807) is 0 Å². The third-order valence-corrected chi connectivity index (χ3v) is 4.41. The van der Waals surface area contributed by atoms with Gasteiger partial charge >= 0.3 is 0 Å². The zero-order valence-corrected chi connectivity index (χ0v) is 14.6. The Morgan fingerprint density at radius 2 is 1.79 bits per heavy atom. The topological polar surface area (TPSA) is 42.0 Å². The van der Waals surface area contributed by atoms with Crippen LogP contribution in [0.4, 0.5) is 0 Å². The molecule has 3 heteroatoms. The molecule has 1 amide bonds. The zero-order valence-electron chi connectivity index (χ0n) is 14.6. The number of pyridine rings is 1. The summed E-state index contributed by atoms with van der Waals surface area (Å²) in [6, 6.07) is 16.1. The highest BCUT2D eigenvalue weighted by molar-refractivity contribution is 5.98. The van der Waals surface area contributed by atoms with Gasteiger partial charge in [0.1, 0.15) is 0 Å². The molecule has 0 bridgehead atoms. The van der Waals surface area contributed by atoms with Gasteiger partial charge in [-0.05, 0) is 57.0 Å². The van der Waals surface area contributed by atoms with E-state index >= 15 is 0 Å². The molecule has 122 valence electrons. The van der Waals surface area contributed by atoms with Gasteiger partial charge in [-0.2, -0.15) is 0 Å². The monoisotopic (exact) mass is 318 g/mol. The first-order valence-corrected chi connectivity index (χ1v) is 8.20. The average Bonchev–Trinajstić information content (AvgIpc) is 2.54. The summed E-state index contributed by atoms with van der Waals surface area (Å²) in [5.41, 5.74) is 5.77. The summed E-state index contributed by atoms with van der Waals surface area (Å²) in [5.74, 6) is -0.0841. The smallest absolute Gasteiger partial charge is 0.253 e. The number of carbonyl (C=O) groups excluding carboxylic acids is 1. The van der Waals surface area contributed by atoms with Crippen LogP contribution in [-0.2, 0) is 0 Å². The van der Waals surface area contributed by atoms with Crippen molar-refractivity contribution in [3.63, 3.8) is 0 Å². The average molecular weight is 318 g/mol. The number of rotatable bonds is 3. The summed E-state index contributed by atoms with van der Waals surface area (Å²) in [6.07, 6.45) is 0. The van der Waals surface area contributed by atoms with Crippen molar-refractivity contribution in [2.75, 3.05) is 0 Å². The SMILES string of the molecule is Cc1ccc2nc(C)c(C(=O)NC(C)c3ccccc3C)cc2c1.